The standard InChI is InChI=1S/C30H46O2/c1-18(2)19-10-13-26(3)16-17-28(5)20(24(19)26)8-9-21-27(4)14-12-23-30(7,25(31)32-23)22(27)11-15-29(21,28)6/h19-24H,1,8-17H2,2-7H3/t19-,20+,21+,22+,23-,24+,26+,27+,28+,29+,30+/m0/s1. The molecule has 6 fully saturated rings. The summed E-state index contributed by atoms with van der Waals surface area (Å²) >= 11 is 0. The fraction of sp³-hybridized carbons (Fsp3) is 0.900. The van der Waals surface area contributed by atoms with Gasteiger partial charge in [0.25, 0.3) is 0 Å². The number of fused-ring (bicyclic) bond motifs is 9. The molecule has 178 valence electrons. The van der Waals surface area contributed by atoms with E-state index in [-0.39, 0.29) is 22.9 Å². The van der Waals surface area contributed by atoms with Gasteiger partial charge in [-0.1, -0.05) is 39.8 Å². The third kappa shape index (κ3) is 2.23. The van der Waals surface area contributed by atoms with E-state index in [2.05, 4.69) is 48.1 Å². The maximum Gasteiger partial charge on any atom is 0.316 e. The van der Waals surface area contributed by atoms with Crippen molar-refractivity contribution in [2.75, 3.05) is 0 Å². The van der Waals surface area contributed by atoms with E-state index in [0.717, 1.165) is 30.1 Å². The van der Waals surface area contributed by atoms with Crippen LogP contribution >= 0.6 is 0 Å². The molecular weight excluding hydrogens is 392 g/mol. The number of carbonyl (C=O) groups is 1. The Kier molecular flexibility index (Phi) is 4.24. The highest BCUT2D eigenvalue weighted by molar-refractivity contribution is 5.83. The molecular formula is C30H46O2. The molecule has 0 aromatic rings. The van der Waals surface area contributed by atoms with Gasteiger partial charge in [-0.25, -0.2) is 0 Å². The van der Waals surface area contributed by atoms with E-state index in [1.54, 1.807) is 0 Å². The number of rotatable bonds is 1. The van der Waals surface area contributed by atoms with Crippen molar-refractivity contribution in [2.45, 2.75) is 112 Å². The maximum atomic E-state index is 12.7. The average Bonchev–Trinajstić information content (AvgIpc) is 3.09. The minimum absolute atomic E-state index is 0.102. The van der Waals surface area contributed by atoms with Crippen molar-refractivity contribution < 1.29 is 9.53 Å². The zero-order valence-corrected chi connectivity index (χ0v) is 21.6. The zero-order chi connectivity index (χ0) is 22.9. The van der Waals surface area contributed by atoms with Crippen LogP contribution in [0.3, 0.4) is 0 Å². The van der Waals surface area contributed by atoms with Crippen molar-refractivity contribution in [3.63, 3.8) is 0 Å². The first-order valence-electron chi connectivity index (χ1n) is 13.8. The Hall–Kier alpha value is -0.790. The molecule has 0 aromatic heterocycles. The molecule has 0 radical (unpaired) electrons. The van der Waals surface area contributed by atoms with E-state index < -0.39 is 0 Å². The van der Waals surface area contributed by atoms with E-state index in [0.29, 0.717) is 22.2 Å². The zero-order valence-electron chi connectivity index (χ0n) is 21.6. The van der Waals surface area contributed by atoms with E-state index in [1.807, 2.05) is 0 Å². The largest absolute Gasteiger partial charge is 0.461 e. The molecule has 5 aliphatic carbocycles. The fourth-order valence-electron chi connectivity index (χ4n) is 11.8. The Balaban J connectivity index is 1.39. The molecule has 0 aromatic carbocycles. The predicted molar refractivity (Wildman–Crippen MR) is 129 cm³/mol. The highest BCUT2D eigenvalue weighted by Gasteiger charge is 2.74. The first kappa shape index (κ1) is 21.7. The van der Waals surface area contributed by atoms with Crippen LogP contribution < -0.4 is 0 Å². The van der Waals surface area contributed by atoms with Gasteiger partial charge in [-0.3, -0.25) is 4.79 Å². The van der Waals surface area contributed by atoms with Crippen LogP contribution in [0.1, 0.15) is 106 Å². The lowest BCUT2D eigenvalue weighted by molar-refractivity contribution is -0.279. The van der Waals surface area contributed by atoms with Gasteiger partial charge in [0.2, 0.25) is 0 Å². The Labute approximate surface area is 196 Å². The topological polar surface area (TPSA) is 26.3 Å². The van der Waals surface area contributed by atoms with E-state index >= 15 is 0 Å². The summed E-state index contributed by atoms with van der Waals surface area (Å²) in [6.07, 6.45) is 13.4. The monoisotopic (exact) mass is 438 g/mol. The van der Waals surface area contributed by atoms with Crippen molar-refractivity contribution in [3.05, 3.63) is 12.2 Å². The summed E-state index contributed by atoms with van der Waals surface area (Å²) in [5, 5.41) is 0. The molecule has 6 rings (SSSR count). The van der Waals surface area contributed by atoms with Crippen LogP contribution in [-0.4, -0.2) is 12.1 Å². The second-order valence-corrected chi connectivity index (χ2v) is 14.6. The SMILES string of the molecule is C=C(C)[C@@H]1CC[C@]2(C)CC[C@]3(C)[C@H](CC[C@@H]4[C@@]5(C)CC[C@@H]6OC(=O)[C@]6(C)[C@@H]5CC[C@]43C)[C@@H]12. The molecule has 0 N–H and O–H groups in total. The number of hydrogen-bond acceptors (Lipinski definition) is 2. The number of carbonyl (C=O) groups excluding carboxylic acids is 1. The lowest BCUT2D eigenvalue weighted by Crippen LogP contribution is -2.71. The number of esters is 1. The van der Waals surface area contributed by atoms with Crippen LogP contribution in [-0.2, 0) is 9.53 Å². The summed E-state index contributed by atoms with van der Waals surface area (Å²) in [6.45, 7) is 19.7. The Morgan fingerprint density at radius 2 is 1.59 bits per heavy atom. The molecule has 0 amide bonds. The Bertz CT molecular complexity index is 876. The lowest BCUT2D eigenvalue weighted by Gasteiger charge is -2.73. The summed E-state index contributed by atoms with van der Waals surface area (Å²) in [6, 6.07) is 0. The molecule has 2 heteroatoms. The van der Waals surface area contributed by atoms with Crippen LogP contribution in [0, 0.1) is 56.7 Å². The van der Waals surface area contributed by atoms with Crippen molar-refractivity contribution >= 4 is 5.97 Å². The van der Waals surface area contributed by atoms with Gasteiger partial charge in [0.05, 0.1) is 0 Å². The number of ether oxygens (including phenoxy) is 1. The van der Waals surface area contributed by atoms with Gasteiger partial charge < -0.3 is 4.74 Å². The van der Waals surface area contributed by atoms with Gasteiger partial charge in [0.1, 0.15) is 11.5 Å². The number of hydrogen-bond donors (Lipinski definition) is 0. The molecule has 32 heavy (non-hydrogen) atoms. The van der Waals surface area contributed by atoms with Gasteiger partial charge in [0, 0.05) is 0 Å². The van der Waals surface area contributed by atoms with Crippen LogP contribution in [0.15, 0.2) is 12.2 Å². The molecule has 11 atom stereocenters. The van der Waals surface area contributed by atoms with Crippen molar-refractivity contribution in [2.24, 2.45) is 56.7 Å². The quantitative estimate of drug-likeness (QED) is 0.312. The lowest BCUT2D eigenvalue weighted by atomic mass is 9.32. The van der Waals surface area contributed by atoms with Crippen molar-refractivity contribution in [3.8, 4) is 0 Å². The first-order valence-corrected chi connectivity index (χ1v) is 13.8. The second kappa shape index (κ2) is 6.25. The Morgan fingerprint density at radius 3 is 2.28 bits per heavy atom. The van der Waals surface area contributed by atoms with Crippen LogP contribution in [0.25, 0.3) is 0 Å². The first-order chi connectivity index (χ1) is 14.9. The molecule has 0 unspecified atom stereocenters. The van der Waals surface area contributed by atoms with Gasteiger partial charge in [-0.05, 0) is 129 Å². The van der Waals surface area contributed by atoms with Crippen LogP contribution in [0.2, 0.25) is 0 Å². The maximum absolute atomic E-state index is 12.7. The minimum Gasteiger partial charge on any atom is -0.461 e. The number of allylic oxidation sites excluding steroid dienone is 1. The highest BCUT2D eigenvalue weighted by Crippen LogP contribution is 2.78. The summed E-state index contributed by atoms with van der Waals surface area (Å²) in [5.74, 6) is 3.76. The summed E-state index contributed by atoms with van der Waals surface area (Å²) in [4.78, 5) is 12.7. The van der Waals surface area contributed by atoms with E-state index in [1.165, 1.54) is 63.4 Å². The molecule has 1 heterocycles. The molecule has 2 nitrogen and oxygen atoms in total. The second-order valence-electron chi connectivity index (χ2n) is 14.6. The third-order valence-electron chi connectivity index (χ3n) is 13.8. The van der Waals surface area contributed by atoms with Gasteiger partial charge in [0.15, 0.2) is 0 Å². The molecule has 5 saturated carbocycles. The smallest absolute Gasteiger partial charge is 0.316 e. The minimum atomic E-state index is -0.215. The van der Waals surface area contributed by atoms with Crippen LogP contribution in [0.5, 0.6) is 0 Å². The van der Waals surface area contributed by atoms with E-state index in [9.17, 15) is 4.79 Å². The third-order valence-corrected chi connectivity index (χ3v) is 13.8. The normalized spacial score (nSPS) is 60.6. The van der Waals surface area contributed by atoms with Crippen molar-refractivity contribution in [1.29, 1.82) is 0 Å². The summed E-state index contributed by atoms with van der Waals surface area (Å²) in [5.41, 5.74) is 2.86. The molecule has 0 bridgehead atoms. The molecule has 1 saturated heterocycles. The van der Waals surface area contributed by atoms with Gasteiger partial charge in [-0.2, -0.15) is 0 Å². The van der Waals surface area contributed by atoms with E-state index in [4.69, 9.17) is 4.74 Å². The van der Waals surface area contributed by atoms with Gasteiger partial charge in [-0.15, -0.1) is 0 Å². The molecule has 1 aliphatic heterocycles. The summed E-state index contributed by atoms with van der Waals surface area (Å²) in [7, 11) is 0. The fourth-order valence-corrected chi connectivity index (χ4v) is 11.8. The predicted octanol–water partition coefficient (Wildman–Crippen LogP) is 7.57. The average molecular weight is 439 g/mol. The molecule has 0 spiro atoms. The Morgan fingerprint density at radius 1 is 0.844 bits per heavy atom. The summed E-state index contributed by atoms with van der Waals surface area (Å²) < 4.78 is 5.65. The molecule has 6 aliphatic rings. The highest BCUT2D eigenvalue weighted by atomic mass is 16.6. The van der Waals surface area contributed by atoms with Crippen LogP contribution in [0.4, 0.5) is 0 Å². The van der Waals surface area contributed by atoms with Gasteiger partial charge >= 0.3 is 5.97 Å². The van der Waals surface area contributed by atoms with Crippen molar-refractivity contribution in [1.82, 2.24) is 0 Å².